The minimum atomic E-state index is 0.514. The van der Waals surface area contributed by atoms with E-state index in [1.807, 2.05) is 48.5 Å². The SMILES string of the molecule is COc1ccc(COc2ccc(C/C(C)=N/O)cc2)cc1. The van der Waals surface area contributed by atoms with Crippen molar-refractivity contribution in [3.05, 3.63) is 59.7 Å². The lowest BCUT2D eigenvalue weighted by atomic mass is 10.1. The number of hydrogen-bond donors (Lipinski definition) is 1. The van der Waals surface area contributed by atoms with Crippen LogP contribution in [0.5, 0.6) is 11.5 Å². The Kier molecular flexibility index (Phi) is 5.21. The minimum absolute atomic E-state index is 0.514. The summed E-state index contributed by atoms with van der Waals surface area (Å²) in [5.74, 6) is 1.65. The van der Waals surface area contributed by atoms with E-state index in [0.29, 0.717) is 18.7 Å². The van der Waals surface area contributed by atoms with Crippen LogP contribution in [0.3, 0.4) is 0 Å². The molecular formula is C17H19NO3. The van der Waals surface area contributed by atoms with Gasteiger partial charge in [0, 0.05) is 6.42 Å². The maximum Gasteiger partial charge on any atom is 0.119 e. The summed E-state index contributed by atoms with van der Waals surface area (Å²) in [5.41, 5.74) is 2.85. The van der Waals surface area contributed by atoms with E-state index in [0.717, 1.165) is 22.6 Å². The number of methoxy groups -OCH3 is 1. The number of hydrogen-bond acceptors (Lipinski definition) is 4. The minimum Gasteiger partial charge on any atom is -0.497 e. The number of nitrogens with zero attached hydrogens (tertiary/aromatic N) is 1. The second-order valence-electron chi connectivity index (χ2n) is 4.79. The summed E-state index contributed by atoms with van der Waals surface area (Å²) < 4.78 is 10.8. The highest BCUT2D eigenvalue weighted by molar-refractivity contribution is 5.83. The molecule has 2 aromatic rings. The van der Waals surface area contributed by atoms with Crippen LogP contribution in [0.15, 0.2) is 53.7 Å². The molecule has 0 unspecified atom stereocenters. The molecule has 0 bridgehead atoms. The van der Waals surface area contributed by atoms with Crippen LogP contribution in [0.1, 0.15) is 18.1 Å². The maximum atomic E-state index is 8.65. The molecule has 0 saturated heterocycles. The van der Waals surface area contributed by atoms with Gasteiger partial charge in [-0.15, -0.1) is 0 Å². The number of rotatable bonds is 6. The highest BCUT2D eigenvalue weighted by atomic mass is 16.5. The lowest BCUT2D eigenvalue weighted by molar-refractivity contribution is 0.306. The van der Waals surface area contributed by atoms with E-state index in [1.165, 1.54) is 0 Å². The molecule has 0 aliphatic carbocycles. The van der Waals surface area contributed by atoms with Crippen LogP contribution in [-0.2, 0) is 13.0 Å². The van der Waals surface area contributed by atoms with Crippen molar-refractivity contribution in [2.45, 2.75) is 20.0 Å². The Morgan fingerprint density at radius 3 is 2.10 bits per heavy atom. The van der Waals surface area contributed by atoms with E-state index in [4.69, 9.17) is 14.7 Å². The molecule has 4 nitrogen and oxygen atoms in total. The fraction of sp³-hybridized carbons (Fsp3) is 0.235. The van der Waals surface area contributed by atoms with Gasteiger partial charge in [-0.05, 0) is 42.3 Å². The molecule has 2 aromatic carbocycles. The monoisotopic (exact) mass is 285 g/mol. The van der Waals surface area contributed by atoms with Crippen LogP contribution in [-0.4, -0.2) is 18.0 Å². The zero-order chi connectivity index (χ0) is 15.1. The summed E-state index contributed by atoms with van der Waals surface area (Å²) >= 11 is 0. The van der Waals surface area contributed by atoms with E-state index in [1.54, 1.807) is 14.0 Å². The van der Waals surface area contributed by atoms with Gasteiger partial charge >= 0.3 is 0 Å². The van der Waals surface area contributed by atoms with Gasteiger partial charge in [0.05, 0.1) is 12.8 Å². The smallest absolute Gasteiger partial charge is 0.119 e. The van der Waals surface area contributed by atoms with Gasteiger partial charge in [-0.25, -0.2) is 0 Å². The molecule has 1 N–H and O–H groups in total. The van der Waals surface area contributed by atoms with Gasteiger partial charge in [0.25, 0.3) is 0 Å². The van der Waals surface area contributed by atoms with Crippen molar-refractivity contribution in [1.82, 2.24) is 0 Å². The van der Waals surface area contributed by atoms with Gasteiger partial charge in [0.1, 0.15) is 18.1 Å². The molecule has 0 amide bonds. The Hall–Kier alpha value is -2.49. The van der Waals surface area contributed by atoms with Gasteiger partial charge < -0.3 is 14.7 Å². The largest absolute Gasteiger partial charge is 0.497 e. The molecule has 0 aliphatic rings. The van der Waals surface area contributed by atoms with Crippen LogP contribution in [0, 0.1) is 0 Å². The van der Waals surface area contributed by atoms with E-state index in [9.17, 15) is 0 Å². The highest BCUT2D eigenvalue weighted by Crippen LogP contribution is 2.16. The molecule has 0 spiro atoms. The fourth-order valence-electron chi connectivity index (χ4n) is 1.92. The molecule has 0 aliphatic heterocycles. The zero-order valence-electron chi connectivity index (χ0n) is 12.2. The zero-order valence-corrected chi connectivity index (χ0v) is 12.2. The molecule has 110 valence electrons. The number of oxime groups is 1. The first-order valence-electron chi connectivity index (χ1n) is 6.73. The Morgan fingerprint density at radius 1 is 0.952 bits per heavy atom. The molecule has 21 heavy (non-hydrogen) atoms. The van der Waals surface area contributed by atoms with E-state index in [2.05, 4.69) is 5.16 Å². The standard InChI is InChI=1S/C17H19NO3/c1-13(18-19)11-14-3-9-17(10-4-14)21-12-15-5-7-16(20-2)8-6-15/h3-10,19H,11-12H2,1-2H3/b18-13+. The van der Waals surface area contributed by atoms with Crippen LogP contribution in [0.2, 0.25) is 0 Å². The van der Waals surface area contributed by atoms with Crippen molar-refractivity contribution in [1.29, 1.82) is 0 Å². The van der Waals surface area contributed by atoms with Gasteiger partial charge in [0.15, 0.2) is 0 Å². The van der Waals surface area contributed by atoms with Crippen molar-refractivity contribution < 1.29 is 14.7 Å². The second-order valence-corrected chi connectivity index (χ2v) is 4.79. The summed E-state index contributed by atoms with van der Waals surface area (Å²) in [5, 5.41) is 11.8. The topological polar surface area (TPSA) is 51.0 Å². The Morgan fingerprint density at radius 2 is 1.52 bits per heavy atom. The van der Waals surface area contributed by atoms with Crippen LogP contribution >= 0.6 is 0 Å². The lowest BCUT2D eigenvalue weighted by Crippen LogP contribution is -1.98. The molecule has 0 atom stereocenters. The van der Waals surface area contributed by atoms with E-state index < -0.39 is 0 Å². The summed E-state index contributed by atoms with van der Waals surface area (Å²) in [6, 6.07) is 15.6. The molecular weight excluding hydrogens is 266 g/mol. The molecule has 4 heteroatoms. The molecule has 0 saturated carbocycles. The summed E-state index contributed by atoms with van der Waals surface area (Å²) in [4.78, 5) is 0. The Bertz CT molecular complexity index is 588. The molecule has 2 rings (SSSR count). The third-order valence-corrected chi connectivity index (χ3v) is 3.12. The van der Waals surface area contributed by atoms with Crippen LogP contribution < -0.4 is 9.47 Å². The Labute approximate surface area is 124 Å². The van der Waals surface area contributed by atoms with Crippen molar-refractivity contribution in [2.75, 3.05) is 7.11 Å². The molecule has 0 radical (unpaired) electrons. The first-order valence-corrected chi connectivity index (χ1v) is 6.73. The number of ether oxygens (including phenoxy) is 2. The molecule has 0 heterocycles. The summed E-state index contributed by atoms with van der Waals surface area (Å²) in [7, 11) is 1.65. The predicted octanol–water partition coefficient (Wildman–Crippen LogP) is 3.67. The van der Waals surface area contributed by atoms with Crippen molar-refractivity contribution in [3.8, 4) is 11.5 Å². The van der Waals surface area contributed by atoms with Crippen LogP contribution in [0.25, 0.3) is 0 Å². The quantitative estimate of drug-likeness (QED) is 0.500. The third kappa shape index (κ3) is 4.53. The normalized spacial score (nSPS) is 11.2. The Balaban J connectivity index is 1.90. The molecule has 0 aromatic heterocycles. The predicted molar refractivity (Wildman–Crippen MR) is 82.4 cm³/mol. The van der Waals surface area contributed by atoms with E-state index in [-0.39, 0.29) is 0 Å². The fourth-order valence-corrected chi connectivity index (χ4v) is 1.92. The molecule has 0 fully saturated rings. The average molecular weight is 285 g/mol. The van der Waals surface area contributed by atoms with Crippen molar-refractivity contribution >= 4 is 5.71 Å². The average Bonchev–Trinajstić information content (AvgIpc) is 2.54. The summed E-state index contributed by atoms with van der Waals surface area (Å²) in [6.07, 6.45) is 0.634. The van der Waals surface area contributed by atoms with Gasteiger partial charge in [0.2, 0.25) is 0 Å². The van der Waals surface area contributed by atoms with Gasteiger partial charge in [-0.3, -0.25) is 0 Å². The van der Waals surface area contributed by atoms with Crippen LogP contribution in [0.4, 0.5) is 0 Å². The first-order chi connectivity index (χ1) is 10.2. The lowest BCUT2D eigenvalue weighted by Gasteiger charge is -2.08. The number of benzene rings is 2. The van der Waals surface area contributed by atoms with Crippen molar-refractivity contribution in [2.24, 2.45) is 5.16 Å². The van der Waals surface area contributed by atoms with E-state index >= 15 is 0 Å². The summed E-state index contributed by atoms with van der Waals surface area (Å²) in [6.45, 7) is 2.30. The highest BCUT2D eigenvalue weighted by Gasteiger charge is 2.00. The van der Waals surface area contributed by atoms with Gasteiger partial charge in [-0.1, -0.05) is 29.4 Å². The van der Waals surface area contributed by atoms with Gasteiger partial charge in [-0.2, -0.15) is 0 Å². The maximum absolute atomic E-state index is 8.65. The second kappa shape index (κ2) is 7.33. The van der Waals surface area contributed by atoms with Crippen molar-refractivity contribution in [3.63, 3.8) is 0 Å². The third-order valence-electron chi connectivity index (χ3n) is 3.12. The first kappa shape index (κ1) is 14.9.